The number of aromatic nitrogens is 2. The molecule has 0 radical (unpaired) electrons. The molecule has 2 aromatic carbocycles. The SMILES string of the molecule is CCOC(=O)Oc1c(-c2c(C)cc(C)cc2-c2ccccc2)c(=O)n2n1CCN(OC)CC2. The molecule has 2 heterocycles. The number of benzene rings is 2. The van der Waals surface area contributed by atoms with Crippen LogP contribution in [0.3, 0.4) is 0 Å². The maximum atomic E-state index is 13.8. The van der Waals surface area contributed by atoms with Crippen molar-refractivity contribution in [2.45, 2.75) is 33.9 Å². The topological polar surface area (TPSA) is 74.9 Å². The summed E-state index contributed by atoms with van der Waals surface area (Å²) in [6, 6.07) is 14.0. The molecular weight excluding hydrogens is 422 g/mol. The summed E-state index contributed by atoms with van der Waals surface area (Å²) < 4.78 is 14.1. The highest BCUT2D eigenvalue weighted by atomic mass is 16.7. The predicted molar refractivity (Wildman–Crippen MR) is 125 cm³/mol. The Morgan fingerprint density at radius 1 is 0.970 bits per heavy atom. The normalized spacial score (nSPS) is 13.9. The number of rotatable bonds is 5. The molecule has 0 aliphatic carbocycles. The molecule has 0 N–H and O–H groups in total. The molecule has 0 fully saturated rings. The van der Waals surface area contributed by atoms with Crippen LogP contribution in [0.25, 0.3) is 22.3 Å². The summed E-state index contributed by atoms with van der Waals surface area (Å²) in [4.78, 5) is 31.5. The van der Waals surface area contributed by atoms with Crippen LogP contribution in [0.5, 0.6) is 5.88 Å². The number of hydrogen-bond donors (Lipinski definition) is 0. The van der Waals surface area contributed by atoms with E-state index in [1.165, 1.54) is 0 Å². The highest BCUT2D eigenvalue weighted by Crippen LogP contribution is 2.39. The van der Waals surface area contributed by atoms with Gasteiger partial charge in [-0.1, -0.05) is 48.0 Å². The summed E-state index contributed by atoms with van der Waals surface area (Å²) in [5.41, 5.74) is 4.82. The molecule has 0 saturated carbocycles. The van der Waals surface area contributed by atoms with Gasteiger partial charge in [0.2, 0.25) is 5.88 Å². The molecule has 0 amide bonds. The second-order valence-corrected chi connectivity index (χ2v) is 8.00. The van der Waals surface area contributed by atoms with Crippen molar-refractivity contribution < 1.29 is 19.1 Å². The Kier molecular flexibility index (Phi) is 6.67. The van der Waals surface area contributed by atoms with Gasteiger partial charge in [0.1, 0.15) is 5.56 Å². The van der Waals surface area contributed by atoms with Crippen molar-refractivity contribution in [3.63, 3.8) is 0 Å². The Morgan fingerprint density at radius 2 is 1.67 bits per heavy atom. The molecule has 0 unspecified atom stereocenters. The van der Waals surface area contributed by atoms with Gasteiger partial charge in [0.05, 0.1) is 26.8 Å². The first kappa shape index (κ1) is 22.8. The van der Waals surface area contributed by atoms with Gasteiger partial charge in [-0.3, -0.25) is 4.79 Å². The van der Waals surface area contributed by atoms with Gasteiger partial charge in [-0.2, -0.15) is 5.06 Å². The smallest absolute Gasteiger partial charge is 0.434 e. The van der Waals surface area contributed by atoms with Gasteiger partial charge in [-0.05, 0) is 37.5 Å². The Hall–Kier alpha value is -3.36. The van der Waals surface area contributed by atoms with Crippen LogP contribution in [0.4, 0.5) is 4.79 Å². The minimum absolute atomic E-state index is 0.176. The standard InChI is InChI=1S/C25H29N3O5/c1-5-32-25(30)33-24-22(23(29)27-13-11-26(31-4)12-14-28(24)27)21-18(3)15-17(2)16-20(21)19-9-7-6-8-10-19/h6-10,15-16H,5,11-14H2,1-4H3. The molecule has 1 aliphatic heterocycles. The third-order valence-electron chi connectivity index (χ3n) is 5.83. The van der Waals surface area contributed by atoms with Gasteiger partial charge in [0.25, 0.3) is 5.56 Å². The number of nitrogens with zero attached hydrogens (tertiary/aromatic N) is 3. The van der Waals surface area contributed by atoms with Crippen LogP contribution in [0, 0.1) is 13.8 Å². The molecule has 8 heteroatoms. The van der Waals surface area contributed by atoms with E-state index in [2.05, 4.69) is 6.07 Å². The monoisotopic (exact) mass is 451 g/mol. The van der Waals surface area contributed by atoms with Crippen molar-refractivity contribution >= 4 is 6.16 Å². The van der Waals surface area contributed by atoms with Crippen LogP contribution in [0.15, 0.2) is 47.3 Å². The van der Waals surface area contributed by atoms with E-state index in [0.717, 1.165) is 27.8 Å². The van der Waals surface area contributed by atoms with Crippen molar-refractivity contribution in [2.24, 2.45) is 0 Å². The fourth-order valence-corrected chi connectivity index (χ4v) is 4.41. The number of carbonyl (C=O) groups is 1. The number of hydrogen-bond acceptors (Lipinski definition) is 6. The quantitative estimate of drug-likeness (QED) is 0.546. The van der Waals surface area contributed by atoms with Crippen LogP contribution >= 0.6 is 0 Å². The van der Waals surface area contributed by atoms with Crippen molar-refractivity contribution in [2.75, 3.05) is 26.8 Å². The van der Waals surface area contributed by atoms with Crippen LogP contribution in [0.1, 0.15) is 18.1 Å². The average Bonchev–Trinajstić information content (AvgIpc) is 2.94. The van der Waals surface area contributed by atoms with Gasteiger partial charge >= 0.3 is 6.16 Å². The maximum Gasteiger partial charge on any atom is 0.515 e. The molecule has 174 valence electrons. The summed E-state index contributed by atoms with van der Waals surface area (Å²) in [7, 11) is 1.60. The third-order valence-corrected chi connectivity index (χ3v) is 5.83. The van der Waals surface area contributed by atoms with E-state index in [4.69, 9.17) is 14.3 Å². The molecule has 0 atom stereocenters. The number of fused-ring (bicyclic) bond motifs is 1. The fourth-order valence-electron chi connectivity index (χ4n) is 4.41. The summed E-state index contributed by atoms with van der Waals surface area (Å²) in [6.07, 6.45) is -0.835. The molecule has 4 rings (SSSR count). The molecule has 8 nitrogen and oxygen atoms in total. The van der Waals surface area contributed by atoms with E-state index < -0.39 is 6.16 Å². The summed E-state index contributed by atoms with van der Waals surface area (Å²) >= 11 is 0. The fraction of sp³-hybridized carbons (Fsp3) is 0.360. The molecule has 0 bridgehead atoms. The number of carbonyl (C=O) groups excluding carboxylic acids is 1. The zero-order chi connectivity index (χ0) is 23.5. The van der Waals surface area contributed by atoms with E-state index in [-0.39, 0.29) is 18.0 Å². The summed E-state index contributed by atoms with van der Waals surface area (Å²) in [6.45, 7) is 7.79. The number of hydroxylamine groups is 2. The molecule has 0 spiro atoms. The largest absolute Gasteiger partial charge is 0.515 e. The zero-order valence-electron chi connectivity index (χ0n) is 19.5. The second kappa shape index (κ2) is 9.64. The highest BCUT2D eigenvalue weighted by Gasteiger charge is 2.30. The van der Waals surface area contributed by atoms with Crippen LogP contribution < -0.4 is 10.3 Å². The molecule has 3 aromatic rings. The van der Waals surface area contributed by atoms with E-state index in [0.29, 0.717) is 31.7 Å². The van der Waals surface area contributed by atoms with Crippen LogP contribution in [-0.4, -0.2) is 47.4 Å². The first-order valence-electron chi connectivity index (χ1n) is 11.1. The van der Waals surface area contributed by atoms with Crippen molar-refractivity contribution in [1.82, 2.24) is 14.4 Å². The lowest BCUT2D eigenvalue weighted by atomic mass is 9.90. The van der Waals surface area contributed by atoms with Gasteiger partial charge < -0.3 is 14.3 Å². The van der Waals surface area contributed by atoms with Crippen molar-refractivity contribution in [3.05, 3.63) is 63.9 Å². The Balaban J connectivity index is 1.97. The van der Waals surface area contributed by atoms with Gasteiger partial charge in [-0.25, -0.2) is 14.2 Å². The Bertz CT molecular complexity index is 1210. The Labute approximate surface area is 192 Å². The molecular formula is C25H29N3O5. The lowest BCUT2D eigenvalue weighted by Gasteiger charge is -2.17. The van der Waals surface area contributed by atoms with Gasteiger partial charge in [0.15, 0.2) is 0 Å². The van der Waals surface area contributed by atoms with E-state index >= 15 is 0 Å². The van der Waals surface area contributed by atoms with Crippen molar-refractivity contribution in [1.29, 1.82) is 0 Å². The summed E-state index contributed by atoms with van der Waals surface area (Å²) in [5.74, 6) is 0.195. The molecule has 1 aromatic heterocycles. The van der Waals surface area contributed by atoms with Gasteiger partial charge in [0, 0.05) is 18.7 Å². The molecule has 0 saturated heterocycles. The highest BCUT2D eigenvalue weighted by molar-refractivity contribution is 5.88. The molecule has 1 aliphatic rings. The van der Waals surface area contributed by atoms with Crippen LogP contribution in [0.2, 0.25) is 0 Å². The number of aryl methyl sites for hydroxylation is 2. The number of ether oxygens (including phenoxy) is 2. The van der Waals surface area contributed by atoms with Crippen molar-refractivity contribution in [3.8, 4) is 28.1 Å². The average molecular weight is 452 g/mol. The minimum atomic E-state index is -0.835. The minimum Gasteiger partial charge on any atom is -0.434 e. The first-order chi connectivity index (χ1) is 15.9. The lowest BCUT2D eigenvalue weighted by Crippen LogP contribution is -2.27. The van der Waals surface area contributed by atoms with Crippen LogP contribution in [-0.2, 0) is 22.7 Å². The first-order valence-corrected chi connectivity index (χ1v) is 11.1. The predicted octanol–water partition coefficient (Wildman–Crippen LogP) is 4.01. The van der Waals surface area contributed by atoms with Gasteiger partial charge in [-0.15, -0.1) is 0 Å². The van der Waals surface area contributed by atoms with E-state index in [1.807, 2.05) is 50.2 Å². The zero-order valence-corrected chi connectivity index (χ0v) is 19.5. The maximum absolute atomic E-state index is 13.8. The lowest BCUT2D eigenvalue weighted by molar-refractivity contribution is -0.130. The summed E-state index contributed by atoms with van der Waals surface area (Å²) in [5, 5.41) is 1.78. The second-order valence-electron chi connectivity index (χ2n) is 8.00. The third kappa shape index (κ3) is 4.44. The Morgan fingerprint density at radius 3 is 2.33 bits per heavy atom. The van der Waals surface area contributed by atoms with E-state index in [1.54, 1.807) is 28.5 Å². The molecule has 33 heavy (non-hydrogen) atoms. The van der Waals surface area contributed by atoms with E-state index in [9.17, 15) is 9.59 Å².